The molecule has 0 aliphatic carbocycles. The number of carboxylic acid groups (broad SMARTS) is 1. The third-order valence-corrected chi connectivity index (χ3v) is 2.99. The molecule has 1 aliphatic heterocycles. The van der Waals surface area contributed by atoms with Gasteiger partial charge in [0, 0.05) is 24.9 Å². The lowest BCUT2D eigenvalue weighted by Gasteiger charge is -2.30. The van der Waals surface area contributed by atoms with E-state index in [4.69, 9.17) is 9.84 Å². The van der Waals surface area contributed by atoms with Crippen LogP contribution in [-0.2, 0) is 9.53 Å². The first-order valence-corrected chi connectivity index (χ1v) is 6.01. The number of carboxylic acids is 1. The van der Waals surface area contributed by atoms with E-state index in [0.717, 1.165) is 43.5 Å². The quantitative estimate of drug-likeness (QED) is 0.829. The van der Waals surface area contributed by atoms with Crippen LogP contribution in [0, 0.1) is 6.92 Å². The number of nitrogens with zero attached hydrogens (tertiary/aromatic N) is 1. The maximum Gasteiger partial charge on any atom is 0.328 e. The Bertz CT molecular complexity index is 462. The van der Waals surface area contributed by atoms with Crippen molar-refractivity contribution in [2.75, 3.05) is 31.2 Å². The number of morpholine rings is 1. The molecule has 1 heterocycles. The van der Waals surface area contributed by atoms with Crippen LogP contribution in [0.15, 0.2) is 24.3 Å². The molecule has 0 bridgehead atoms. The zero-order valence-corrected chi connectivity index (χ0v) is 10.4. The molecule has 1 aromatic rings. The Balaban J connectivity index is 2.16. The minimum Gasteiger partial charge on any atom is -0.478 e. The lowest BCUT2D eigenvalue weighted by Crippen LogP contribution is -2.36. The van der Waals surface area contributed by atoms with Gasteiger partial charge in [0.25, 0.3) is 0 Å². The standard InChI is InChI=1S/C14H17NO3/c1-11-10-12(3-5-14(16)17)2-4-13(11)15-6-8-18-9-7-15/h2-5,10H,6-9H2,1H3,(H,16,17). The van der Waals surface area contributed by atoms with Crippen molar-refractivity contribution in [2.45, 2.75) is 6.92 Å². The second-order valence-corrected chi connectivity index (χ2v) is 4.32. The summed E-state index contributed by atoms with van der Waals surface area (Å²) in [4.78, 5) is 12.8. The number of hydrogen-bond donors (Lipinski definition) is 1. The van der Waals surface area contributed by atoms with E-state index in [1.165, 1.54) is 5.69 Å². The number of anilines is 1. The highest BCUT2D eigenvalue weighted by Gasteiger charge is 2.12. The second-order valence-electron chi connectivity index (χ2n) is 4.32. The molecule has 0 amide bonds. The summed E-state index contributed by atoms with van der Waals surface area (Å²) in [6, 6.07) is 5.99. The van der Waals surface area contributed by atoms with Crippen molar-refractivity contribution in [3.63, 3.8) is 0 Å². The lowest BCUT2D eigenvalue weighted by atomic mass is 10.1. The highest BCUT2D eigenvalue weighted by Crippen LogP contribution is 2.22. The fourth-order valence-corrected chi connectivity index (χ4v) is 2.11. The van der Waals surface area contributed by atoms with Crippen molar-refractivity contribution in [1.29, 1.82) is 0 Å². The molecular formula is C14H17NO3. The van der Waals surface area contributed by atoms with Crippen LogP contribution in [0.25, 0.3) is 6.08 Å². The van der Waals surface area contributed by atoms with Gasteiger partial charge in [-0.1, -0.05) is 6.07 Å². The molecule has 18 heavy (non-hydrogen) atoms. The van der Waals surface area contributed by atoms with Crippen molar-refractivity contribution in [3.05, 3.63) is 35.4 Å². The van der Waals surface area contributed by atoms with Crippen molar-refractivity contribution in [2.24, 2.45) is 0 Å². The molecule has 4 nitrogen and oxygen atoms in total. The van der Waals surface area contributed by atoms with E-state index in [-0.39, 0.29) is 0 Å². The fourth-order valence-electron chi connectivity index (χ4n) is 2.11. The fraction of sp³-hybridized carbons (Fsp3) is 0.357. The van der Waals surface area contributed by atoms with Gasteiger partial charge < -0.3 is 14.7 Å². The summed E-state index contributed by atoms with van der Waals surface area (Å²) in [5.41, 5.74) is 3.27. The number of aliphatic carboxylic acids is 1. The van der Waals surface area contributed by atoms with Crippen LogP contribution in [0.4, 0.5) is 5.69 Å². The van der Waals surface area contributed by atoms with E-state index in [2.05, 4.69) is 4.90 Å². The second kappa shape index (κ2) is 5.69. The zero-order chi connectivity index (χ0) is 13.0. The topological polar surface area (TPSA) is 49.8 Å². The predicted molar refractivity (Wildman–Crippen MR) is 70.9 cm³/mol. The van der Waals surface area contributed by atoms with E-state index in [0.29, 0.717) is 0 Å². The third kappa shape index (κ3) is 3.11. The van der Waals surface area contributed by atoms with Crippen LogP contribution in [0.3, 0.4) is 0 Å². The van der Waals surface area contributed by atoms with Gasteiger partial charge in [0.2, 0.25) is 0 Å². The number of aryl methyl sites for hydroxylation is 1. The largest absolute Gasteiger partial charge is 0.478 e. The molecule has 0 aromatic heterocycles. The first-order chi connectivity index (χ1) is 8.66. The molecule has 4 heteroatoms. The van der Waals surface area contributed by atoms with Crippen LogP contribution in [0.5, 0.6) is 0 Å². The molecule has 1 saturated heterocycles. The van der Waals surface area contributed by atoms with Crippen LogP contribution in [-0.4, -0.2) is 37.4 Å². The van der Waals surface area contributed by atoms with Crippen LogP contribution in [0.2, 0.25) is 0 Å². The van der Waals surface area contributed by atoms with E-state index < -0.39 is 5.97 Å². The summed E-state index contributed by atoms with van der Waals surface area (Å²) >= 11 is 0. The first kappa shape index (κ1) is 12.6. The Kier molecular flexibility index (Phi) is 3.99. The van der Waals surface area contributed by atoms with Gasteiger partial charge in [-0.15, -0.1) is 0 Å². The smallest absolute Gasteiger partial charge is 0.328 e. The third-order valence-electron chi connectivity index (χ3n) is 2.99. The first-order valence-electron chi connectivity index (χ1n) is 6.01. The van der Waals surface area contributed by atoms with Crippen LogP contribution < -0.4 is 4.90 Å². The normalized spacial score (nSPS) is 16.2. The SMILES string of the molecule is Cc1cc(C=CC(=O)O)ccc1N1CCOCC1. The summed E-state index contributed by atoms with van der Waals surface area (Å²) in [6.45, 7) is 5.39. The summed E-state index contributed by atoms with van der Waals surface area (Å²) in [7, 11) is 0. The molecule has 1 fully saturated rings. The Hall–Kier alpha value is -1.81. The molecule has 1 aliphatic rings. The summed E-state index contributed by atoms with van der Waals surface area (Å²) < 4.78 is 5.33. The average molecular weight is 247 g/mol. The predicted octanol–water partition coefficient (Wildman–Crippen LogP) is 1.93. The zero-order valence-electron chi connectivity index (χ0n) is 10.4. The molecule has 1 N–H and O–H groups in total. The molecular weight excluding hydrogens is 230 g/mol. The van der Waals surface area contributed by atoms with E-state index in [9.17, 15) is 4.79 Å². The highest BCUT2D eigenvalue weighted by molar-refractivity contribution is 5.85. The molecule has 96 valence electrons. The van der Waals surface area contributed by atoms with Crippen molar-refractivity contribution in [3.8, 4) is 0 Å². The minimum absolute atomic E-state index is 0.764. The molecule has 0 atom stereocenters. The maximum atomic E-state index is 10.5. The van der Waals surface area contributed by atoms with Gasteiger partial charge >= 0.3 is 5.97 Å². The van der Waals surface area contributed by atoms with Gasteiger partial charge in [-0.05, 0) is 36.3 Å². The van der Waals surface area contributed by atoms with Gasteiger partial charge in [0.1, 0.15) is 0 Å². The number of carbonyl (C=O) groups is 1. The molecule has 0 saturated carbocycles. The van der Waals surface area contributed by atoms with Gasteiger partial charge in [-0.3, -0.25) is 0 Å². The Labute approximate surface area is 106 Å². The molecule has 2 rings (SSSR count). The molecule has 0 radical (unpaired) electrons. The van der Waals surface area contributed by atoms with Gasteiger partial charge in [0.15, 0.2) is 0 Å². The Morgan fingerprint density at radius 3 is 2.72 bits per heavy atom. The van der Waals surface area contributed by atoms with Crippen molar-refractivity contribution >= 4 is 17.7 Å². The Morgan fingerprint density at radius 1 is 1.39 bits per heavy atom. The molecule has 0 spiro atoms. The van der Waals surface area contributed by atoms with Crippen molar-refractivity contribution < 1.29 is 14.6 Å². The van der Waals surface area contributed by atoms with E-state index >= 15 is 0 Å². The molecule has 1 aromatic carbocycles. The lowest BCUT2D eigenvalue weighted by molar-refractivity contribution is -0.131. The summed E-state index contributed by atoms with van der Waals surface area (Å²) in [6.07, 6.45) is 2.77. The average Bonchev–Trinajstić information content (AvgIpc) is 2.37. The van der Waals surface area contributed by atoms with Gasteiger partial charge in [-0.25, -0.2) is 4.79 Å². The number of hydrogen-bond acceptors (Lipinski definition) is 3. The van der Waals surface area contributed by atoms with E-state index in [1.807, 2.05) is 25.1 Å². The van der Waals surface area contributed by atoms with E-state index in [1.54, 1.807) is 6.08 Å². The summed E-state index contributed by atoms with van der Waals surface area (Å²) in [5, 5.41) is 8.59. The molecule has 0 unspecified atom stereocenters. The van der Waals surface area contributed by atoms with Gasteiger partial charge in [-0.2, -0.15) is 0 Å². The monoisotopic (exact) mass is 247 g/mol. The van der Waals surface area contributed by atoms with Crippen LogP contribution in [0.1, 0.15) is 11.1 Å². The van der Waals surface area contributed by atoms with Crippen molar-refractivity contribution in [1.82, 2.24) is 0 Å². The highest BCUT2D eigenvalue weighted by atomic mass is 16.5. The van der Waals surface area contributed by atoms with Crippen LogP contribution >= 0.6 is 0 Å². The summed E-state index contributed by atoms with van der Waals surface area (Å²) in [5.74, 6) is -0.926. The number of ether oxygens (including phenoxy) is 1. The number of benzene rings is 1. The van der Waals surface area contributed by atoms with Gasteiger partial charge in [0.05, 0.1) is 13.2 Å². The maximum absolute atomic E-state index is 10.5. The minimum atomic E-state index is -0.926. The Morgan fingerprint density at radius 2 is 2.11 bits per heavy atom. The number of rotatable bonds is 3.